The molecule has 2 aromatic heterocycles. The first kappa shape index (κ1) is 19.0. The highest BCUT2D eigenvalue weighted by Crippen LogP contribution is 2.36. The van der Waals surface area contributed by atoms with Crippen LogP contribution in [0.1, 0.15) is 28.0 Å². The van der Waals surface area contributed by atoms with Crippen LogP contribution in [0.25, 0.3) is 10.2 Å². The molecule has 0 N–H and O–H groups in total. The molecule has 142 valence electrons. The summed E-state index contributed by atoms with van der Waals surface area (Å²) in [5, 5.41) is 10.8. The molecule has 0 spiro atoms. The highest BCUT2D eigenvalue weighted by molar-refractivity contribution is 8.00. The maximum atomic E-state index is 13.2. The molecule has 3 aromatic rings. The Kier molecular flexibility index (Phi) is 5.38. The molecule has 1 aliphatic rings. The van der Waals surface area contributed by atoms with Gasteiger partial charge in [-0.05, 0) is 43.7 Å². The number of thiophene rings is 1. The summed E-state index contributed by atoms with van der Waals surface area (Å²) in [5.74, 6) is 0. The third kappa shape index (κ3) is 3.52. The third-order valence-electron chi connectivity index (χ3n) is 5.03. The van der Waals surface area contributed by atoms with Crippen LogP contribution in [0.4, 0.5) is 0 Å². The maximum Gasteiger partial charge on any atom is 0.263 e. The number of thioether (sulfide) groups is 1. The summed E-state index contributed by atoms with van der Waals surface area (Å²) in [6.07, 6.45) is 5.44. The second-order valence-corrected chi connectivity index (χ2v) is 9.32. The van der Waals surface area contributed by atoms with E-state index in [0.717, 1.165) is 35.0 Å². The van der Waals surface area contributed by atoms with Gasteiger partial charge in [0.05, 0.1) is 11.5 Å². The Morgan fingerprint density at radius 2 is 2.18 bits per heavy atom. The molecule has 1 aliphatic carbocycles. The molecule has 0 bridgehead atoms. The summed E-state index contributed by atoms with van der Waals surface area (Å²) in [6, 6.07) is 10.6. The predicted octanol–water partition coefficient (Wildman–Crippen LogP) is 4.67. The summed E-state index contributed by atoms with van der Waals surface area (Å²) in [5.41, 5.74) is 3.49. The molecule has 0 aliphatic heterocycles. The molecule has 4 nitrogen and oxygen atoms in total. The van der Waals surface area contributed by atoms with E-state index >= 15 is 0 Å². The molecule has 0 fully saturated rings. The van der Waals surface area contributed by atoms with Crippen LogP contribution < -0.4 is 5.56 Å². The Bertz CT molecular complexity index is 1140. The van der Waals surface area contributed by atoms with E-state index < -0.39 is 0 Å². The zero-order valence-corrected chi connectivity index (χ0v) is 17.4. The van der Waals surface area contributed by atoms with Gasteiger partial charge in [-0.25, -0.2) is 4.98 Å². The van der Waals surface area contributed by atoms with Crippen molar-refractivity contribution in [1.82, 2.24) is 9.55 Å². The fourth-order valence-electron chi connectivity index (χ4n) is 3.62. The Labute approximate surface area is 172 Å². The Morgan fingerprint density at radius 1 is 1.39 bits per heavy atom. The number of aromatic nitrogens is 2. The fraction of sp³-hybridized carbons (Fsp3) is 0.318. The number of nitrogens with zero attached hydrogens (tertiary/aromatic N) is 3. The highest BCUT2D eigenvalue weighted by Gasteiger charge is 2.24. The van der Waals surface area contributed by atoms with Gasteiger partial charge in [0.15, 0.2) is 5.16 Å². The van der Waals surface area contributed by atoms with Crippen LogP contribution in [0.3, 0.4) is 0 Å². The molecule has 0 saturated carbocycles. The van der Waals surface area contributed by atoms with Crippen LogP contribution in [-0.4, -0.2) is 14.8 Å². The van der Waals surface area contributed by atoms with E-state index in [1.807, 2.05) is 6.92 Å². The molecule has 2 heterocycles. The van der Waals surface area contributed by atoms with Gasteiger partial charge in [0.1, 0.15) is 10.1 Å². The second-order valence-electron chi connectivity index (χ2n) is 7.06. The SMILES string of the molecule is C=CCn1c(S[C@H](C#N)Cc2ccc(C)cc2)nc2sc3c(c2c1=O)CCC3. The molecule has 0 saturated heterocycles. The van der Waals surface area contributed by atoms with Crippen molar-refractivity contribution < 1.29 is 0 Å². The number of nitriles is 1. The molecular formula is C22H21N3OS2. The second kappa shape index (κ2) is 7.94. The van der Waals surface area contributed by atoms with Crippen molar-refractivity contribution in [2.24, 2.45) is 0 Å². The van der Waals surface area contributed by atoms with E-state index in [4.69, 9.17) is 4.98 Å². The zero-order chi connectivity index (χ0) is 19.7. The highest BCUT2D eigenvalue weighted by atomic mass is 32.2. The zero-order valence-electron chi connectivity index (χ0n) is 15.8. The van der Waals surface area contributed by atoms with Gasteiger partial charge in [0.2, 0.25) is 0 Å². The minimum absolute atomic E-state index is 0.00109. The summed E-state index contributed by atoms with van der Waals surface area (Å²) in [7, 11) is 0. The van der Waals surface area contributed by atoms with Crippen molar-refractivity contribution in [3.63, 3.8) is 0 Å². The smallest absolute Gasteiger partial charge is 0.263 e. The van der Waals surface area contributed by atoms with Crippen molar-refractivity contribution >= 4 is 33.3 Å². The average molecular weight is 408 g/mol. The van der Waals surface area contributed by atoms with E-state index in [1.54, 1.807) is 22.0 Å². The first-order valence-corrected chi connectivity index (χ1v) is 11.1. The van der Waals surface area contributed by atoms with Crippen LogP contribution in [-0.2, 0) is 25.8 Å². The topological polar surface area (TPSA) is 58.7 Å². The van der Waals surface area contributed by atoms with Crippen molar-refractivity contribution in [2.75, 3.05) is 0 Å². The first-order valence-electron chi connectivity index (χ1n) is 9.38. The van der Waals surface area contributed by atoms with E-state index in [-0.39, 0.29) is 10.8 Å². The first-order chi connectivity index (χ1) is 13.6. The number of allylic oxidation sites excluding steroid dienone is 1. The largest absolute Gasteiger partial charge is 0.283 e. The lowest BCUT2D eigenvalue weighted by Crippen LogP contribution is -2.23. The van der Waals surface area contributed by atoms with Gasteiger partial charge in [-0.2, -0.15) is 5.26 Å². The van der Waals surface area contributed by atoms with Crippen LogP contribution in [0.15, 0.2) is 46.9 Å². The molecule has 4 rings (SSSR count). The minimum Gasteiger partial charge on any atom is -0.283 e. The molecular weight excluding hydrogens is 386 g/mol. The minimum atomic E-state index is -0.310. The van der Waals surface area contributed by atoms with Gasteiger partial charge in [0.25, 0.3) is 5.56 Å². The monoisotopic (exact) mass is 407 g/mol. The van der Waals surface area contributed by atoms with Gasteiger partial charge in [-0.3, -0.25) is 9.36 Å². The van der Waals surface area contributed by atoms with Gasteiger partial charge in [-0.15, -0.1) is 17.9 Å². The number of benzene rings is 1. The van der Waals surface area contributed by atoms with Crippen molar-refractivity contribution in [3.8, 4) is 6.07 Å². The van der Waals surface area contributed by atoms with Gasteiger partial charge >= 0.3 is 0 Å². The third-order valence-corrected chi connectivity index (χ3v) is 7.30. The van der Waals surface area contributed by atoms with Gasteiger partial charge in [0, 0.05) is 11.4 Å². The van der Waals surface area contributed by atoms with Crippen molar-refractivity contribution in [2.45, 2.75) is 49.6 Å². The average Bonchev–Trinajstić information content (AvgIpc) is 3.26. The lowest BCUT2D eigenvalue weighted by atomic mass is 10.1. The van der Waals surface area contributed by atoms with Crippen LogP contribution in [0.5, 0.6) is 0 Å². The lowest BCUT2D eigenvalue weighted by molar-refractivity contribution is 0.671. The van der Waals surface area contributed by atoms with Crippen LogP contribution in [0, 0.1) is 18.3 Å². The van der Waals surface area contributed by atoms with Gasteiger partial charge < -0.3 is 0 Å². The standard InChI is InChI=1S/C22H21N3OS2/c1-3-11-25-21(26)19-17-5-4-6-18(17)28-20(19)24-22(25)27-16(13-23)12-15-9-7-14(2)8-10-15/h3,7-10,16H,1,4-6,11-12H2,2H3/t16-/m0/s1. The lowest BCUT2D eigenvalue weighted by Gasteiger charge is -2.13. The van der Waals surface area contributed by atoms with E-state index in [0.29, 0.717) is 18.1 Å². The molecule has 6 heteroatoms. The maximum absolute atomic E-state index is 13.2. The number of aryl methyl sites for hydroxylation is 3. The number of hydrogen-bond donors (Lipinski definition) is 0. The molecule has 28 heavy (non-hydrogen) atoms. The number of rotatable bonds is 6. The Balaban J connectivity index is 1.71. The fourth-order valence-corrected chi connectivity index (χ4v) is 5.94. The van der Waals surface area contributed by atoms with Gasteiger partial charge in [-0.1, -0.05) is 47.7 Å². The Hall–Kier alpha value is -2.36. The van der Waals surface area contributed by atoms with Crippen LogP contribution >= 0.6 is 23.1 Å². The number of hydrogen-bond acceptors (Lipinski definition) is 5. The molecule has 0 amide bonds. The predicted molar refractivity (Wildman–Crippen MR) is 116 cm³/mol. The number of fused-ring (bicyclic) bond motifs is 3. The Morgan fingerprint density at radius 3 is 2.89 bits per heavy atom. The van der Waals surface area contributed by atoms with E-state index in [1.165, 1.54) is 27.8 Å². The van der Waals surface area contributed by atoms with Crippen molar-refractivity contribution in [1.29, 1.82) is 5.26 Å². The normalized spacial score (nSPS) is 14.0. The molecule has 0 unspecified atom stereocenters. The molecule has 1 aromatic carbocycles. The summed E-state index contributed by atoms with van der Waals surface area (Å²) < 4.78 is 1.67. The summed E-state index contributed by atoms with van der Waals surface area (Å²) in [6.45, 7) is 6.24. The molecule has 0 radical (unpaired) electrons. The van der Waals surface area contributed by atoms with E-state index in [9.17, 15) is 10.1 Å². The summed E-state index contributed by atoms with van der Waals surface area (Å²) >= 11 is 3.01. The summed E-state index contributed by atoms with van der Waals surface area (Å²) in [4.78, 5) is 20.1. The molecule has 1 atom stereocenters. The van der Waals surface area contributed by atoms with Crippen LogP contribution in [0.2, 0.25) is 0 Å². The van der Waals surface area contributed by atoms with E-state index in [2.05, 4.69) is 36.9 Å². The van der Waals surface area contributed by atoms with Crippen molar-refractivity contribution in [3.05, 3.63) is 68.8 Å². The quantitative estimate of drug-likeness (QED) is 0.338.